The number of fused-ring (bicyclic) bond motifs is 4. The van der Waals surface area contributed by atoms with Gasteiger partial charge in [0.2, 0.25) is 0 Å². The lowest BCUT2D eigenvalue weighted by molar-refractivity contribution is 0.197. The Labute approximate surface area is 124 Å². The molecule has 3 N–H and O–H groups in total. The Morgan fingerprint density at radius 3 is 2.86 bits per heavy atom. The molecule has 2 atom stereocenters. The van der Waals surface area contributed by atoms with E-state index in [1.165, 1.54) is 0 Å². The van der Waals surface area contributed by atoms with E-state index < -0.39 is 0 Å². The number of aliphatic hydroxyl groups excluding tert-OH is 2. The summed E-state index contributed by atoms with van der Waals surface area (Å²) in [4.78, 5) is 2.33. The molecular weight excluding hydrogens is 266 g/mol. The number of phenols is 1. The lowest BCUT2D eigenvalue weighted by Crippen LogP contribution is -2.34. The predicted octanol–water partition coefficient (Wildman–Crippen LogP) is 1.30. The highest BCUT2D eigenvalue weighted by Gasteiger charge is 2.19. The van der Waals surface area contributed by atoms with Crippen LogP contribution in [0.3, 0.4) is 0 Å². The molecule has 2 aliphatic heterocycles. The summed E-state index contributed by atoms with van der Waals surface area (Å²) in [6.45, 7) is 2.64. The number of aliphatic hydroxyl groups is 2. The van der Waals surface area contributed by atoms with Gasteiger partial charge in [0.15, 0.2) is 0 Å². The van der Waals surface area contributed by atoms with Crippen molar-refractivity contribution in [3.05, 3.63) is 47.1 Å². The van der Waals surface area contributed by atoms with Crippen molar-refractivity contribution < 1.29 is 15.3 Å². The third-order valence-electron chi connectivity index (χ3n) is 4.33. The molecule has 0 fully saturated rings. The third-order valence-corrected chi connectivity index (χ3v) is 4.33. The standard InChI is InChI=1S/C17H21NO3/c19-10-12-1-2-13-3-5-18(9-12)6-4-14-7-15(11-20)17(21)8-16(13)14/h1-3,7-8,12,19-21H,4-6,9-11H2. The maximum Gasteiger partial charge on any atom is 0.121 e. The van der Waals surface area contributed by atoms with Crippen LogP contribution >= 0.6 is 0 Å². The van der Waals surface area contributed by atoms with Crippen molar-refractivity contribution >= 4 is 5.57 Å². The van der Waals surface area contributed by atoms with Crippen LogP contribution in [0.15, 0.2) is 30.4 Å². The Bertz CT molecular complexity index is 592. The van der Waals surface area contributed by atoms with Crippen molar-refractivity contribution in [1.29, 1.82) is 0 Å². The summed E-state index contributed by atoms with van der Waals surface area (Å²) in [5.74, 6) is 0.296. The van der Waals surface area contributed by atoms with Crippen LogP contribution < -0.4 is 0 Å². The normalized spacial score (nSPS) is 24.6. The summed E-state index contributed by atoms with van der Waals surface area (Å²) in [7, 11) is 0. The van der Waals surface area contributed by atoms with Crippen LogP contribution in [0, 0.1) is 5.92 Å². The fourth-order valence-electron chi connectivity index (χ4n) is 3.07. The molecule has 4 nitrogen and oxygen atoms in total. The van der Waals surface area contributed by atoms with E-state index in [0.29, 0.717) is 5.56 Å². The highest BCUT2D eigenvalue weighted by Crippen LogP contribution is 2.31. The molecule has 2 aliphatic rings. The Hall–Kier alpha value is -1.62. The van der Waals surface area contributed by atoms with Gasteiger partial charge < -0.3 is 15.3 Å². The molecule has 0 saturated carbocycles. The average molecular weight is 287 g/mol. The third kappa shape index (κ3) is 2.88. The smallest absolute Gasteiger partial charge is 0.121 e. The van der Waals surface area contributed by atoms with E-state index in [4.69, 9.17) is 0 Å². The van der Waals surface area contributed by atoms with Crippen molar-refractivity contribution in [3.63, 3.8) is 0 Å². The molecule has 0 aliphatic carbocycles. The minimum atomic E-state index is -0.149. The molecule has 0 amide bonds. The predicted molar refractivity (Wildman–Crippen MR) is 81.9 cm³/mol. The summed E-state index contributed by atoms with van der Waals surface area (Å²) in [5, 5.41) is 28.8. The van der Waals surface area contributed by atoms with Gasteiger partial charge in [0.05, 0.1) is 13.2 Å². The zero-order chi connectivity index (χ0) is 14.8. The van der Waals surface area contributed by atoms with Gasteiger partial charge >= 0.3 is 0 Å². The van der Waals surface area contributed by atoms with Crippen molar-refractivity contribution in [3.8, 4) is 5.75 Å². The summed E-state index contributed by atoms with van der Waals surface area (Å²) < 4.78 is 0. The largest absolute Gasteiger partial charge is 0.508 e. The Balaban J connectivity index is 2.08. The fourth-order valence-corrected chi connectivity index (χ4v) is 3.07. The number of hydrogen-bond acceptors (Lipinski definition) is 4. The molecule has 112 valence electrons. The zero-order valence-corrected chi connectivity index (χ0v) is 12.0. The Kier molecular flexibility index (Phi) is 4.10. The monoisotopic (exact) mass is 287 g/mol. The van der Waals surface area contributed by atoms with Crippen molar-refractivity contribution in [1.82, 2.24) is 4.90 Å². The Morgan fingerprint density at radius 2 is 2.10 bits per heavy atom. The number of allylic oxidation sites excluding steroid dienone is 2. The molecule has 2 heterocycles. The maximum atomic E-state index is 10.0. The lowest BCUT2D eigenvalue weighted by atomic mass is 9.91. The zero-order valence-electron chi connectivity index (χ0n) is 12.0. The quantitative estimate of drug-likeness (QED) is 0.767. The van der Waals surface area contributed by atoms with E-state index >= 15 is 0 Å². The molecule has 1 aromatic carbocycles. The average Bonchev–Trinajstić information content (AvgIpc) is 2.46. The summed E-state index contributed by atoms with van der Waals surface area (Å²) in [6, 6.07) is 3.66. The van der Waals surface area contributed by atoms with Crippen LogP contribution in [0.2, 0.25) is 0 Å². The number of nitrogens with zero attached hydrogens (tertiary/aromatic N) is 1. The van der Waals surface area contributed by atoms with E-state index in [-0.39, 0.29) is 24.9 Å². The molecule has 0 radical (unpaired) electrons. The molecule has 4 heteroatoms. The van der Waals surface area contributed by atoms with Crippen molar-refractivity contribution in [2.24, 2.45) is 5.92 Å². The van der Waals surface area contributed by atoms with Gasteiger partial charge in [-0.3, -0.25) is 4.90 Å². The first-order valence-corrected chi connectivity index (χ1v) is 7.39. The molecule has 0 saturated heterocycles. The first-order chi connectivity index (χ1) is 10.2. The fraction of sp³-hybridized carbons (Fsp3) is 0.412. The molecule has 2 bridgehead atoms. The summed E-state index contributed by atoms with van der Waals surface area (Å²) in [5.41, 5.74) is 3.83. The van der Waals surface area contributed by atoms with Crippen LogP contribution in [0.25, 0.3) is 5.57 Å². The van der Waals surface area contributed by atoms with Gasteiger partial charge in [0.25, 0.3) is 0 Å². The van der Waals surface area contributed by atoms with Gasteiger partial charge in [0, 0.05) is 31.1 Å². The second-order valence-corrected chi connectivity index (χ2v) is 5.77. The number of rotatable bonds is 2. The topological polar surface area (TPSA) is 63.9 Å². The summed E-state index contributed by atoms with van der Waals surface area (Å²) >= 11 is 0. The first-order valence-electron chi connectivity index (χ1n) is 7.39. The van der Waals surface area contributed by atoms with Gasteiger partial charge in [0.1, 0.15) is 5.75 Å². The van der Waals surface area contributed by atoms with Gasteiger partial charge in [-0.2, -0.15) is 0 Å². The van der Waals surface area contributed by atoms with Crippen LogP contribution in [0.5, 0.6) is 5.75 Å². The van der Waals surface area contributed by atoms with Crippen molar-refractivity contribution in [2.45, 2.75) is 13.0 Å². The van der Waals surface area contributed by atoms with Gasteiger partial charge in [-0.1, -0.05) is 18.2 Å². The van der Waals surface area contributed by atoms with E-state index in [9.17, 15) is 15.3 Å². The molecule has 0 aromatic heterocycles. The van der Waals surface area contributed by atoms with Crippen molar-refractivity contribution in [2.75, 3.05) is 26.2 Å². The molecule has 21 heavy (non-hydrogen) atoms. The minimum absolute atomic E-state index is 0.142. The van der Waals surface area contributed by atoms with E-state index in [2.05, 4.69) is 11.0 Å². The Morgan fingerprint density at radius 1 is 1.24 bits per heavy atom. The molecule has 3 rings (SSSR count). The second kappa shape index (κ2) is 6.02. The summed E-state index contributed by atoms with van der Waals surface area (Å²) in [6.07, 6.45) is 7.14. The second-order valence-electron chi connectivity index (χ2n) is 5.77. The molecule has 0 spiro atoms. The van der Waals surface area contributed by atoms with Gasteiger partial charge in [-0.05, 0) is 35.3 Å². The van der Waals surface area contributed by atoms with Crippen LogP contribution in [-0.2, 0) is 13.0 Å². The SMILES string of the molecule is OCc1cc2c(cc1O)C1=CCN(CC2)CC(CO)C=C1. The van der Waals surface area contributed by atoms with Crippen LogP contribution in [0.1, 0.15) is 16.7 Å². The van der Waals surface area contributed by atoms with Crippen LogP contribution in [0.4, 0.5) is 0 Å². The number of hydrogen-bond donors (Lipinski definition) is 3. The van der Waals surface area contributed by atoms with Crippen LogP contribution in [-0.4, -0.2) is 46.5 Å². The van der Waals surface area contributed by atoms with E-state index in [1.807, 2.05) is 18.2 Å². The number of benzene rings is 1. The van der Waals surface area contributed by atoms with Gasteiger partial charge in [-0.15, -0.1) is 0 Å². The molecule has 1 aromatic rings. The number of aromatic hydroxyl groups is 1. The molecular formula is C17H21NO3. The first kappa shape index (κ1) is 14.3. The molecule has 2 unspecified atom stereocenters. The lowest BCUT2D eigenvalue weighted by Gasteiger charge is -2.29. The highest BCUT2D eigenvalue weighted by atomic mass is 16.3. The maximum absolute atomic E-state index is 10.0. The minimum Gasteiger partial charge on any atom is -0.508 e. The van der Waals surface area contributed by atoms with Gasteiger partial charge in [-0.25, -0.2) is 0 Å². The van der Waals surface area contributed by atoms with E-state index in [1.54, 1.807) is 6.07 Å². The highest BCUT2D eigenvalue weighted by molar-refractivity contribution is 5.78. The van der Waals surface area contributed by atoms with E-state index in [0.717, 1.165) is 42.8 Å².